The number of ether oxygens (including phenoxy) is 2. The zero-order valence-electron chi connectivity index (χ0n) is 21.8. The maximum Gasteiger partial charge on any atom is 0.335 e. The number of piperazine rings is 1. The molecule has 0 saturated carbocycles. The average molecular weight is 566 g/mol. The summed E-state index contributed by atoms with van der Waals surface area (Å²) in [6.07, 6.45) is 1.11. The van der Waals surface area contributed by atoms with Crippen molar-refractivity contribution in [3.63, 3.8) is 0 Å². The molecule has 2 aliphatic rings. The third-order valence-electron chi connectivity index (χ3n) is 7.41. The van der Waals surface area contributed by atoms with Gasteiger partial charge in [0.05, 0.1) is 35.8 Å². The molecule has 2 aliphatic heterocycles. The molecule has 0 spiro atoms. The van der Waals surface area contributed by atoms with Gasteiger partial charge < -0.3 is 24.0 Å². The van der Waals surface area contributed by atoms with Crippen molar-refractivity contribution in [3.05, 3.63) is 82.4 Å². The maximum absolute atomic E-state index is 14.1. The Kier molecular flexibility index (Phi) is 7.55. The molecule has 0 bridgehead atoms. The highest BCUT2D eigenvalue weighted by Gasteiger charge is 2.25. The van der Waals surface area contributed by atoms with E-state index in [0.29, 0.717) is 29.6 Å². The van der Waals surface area contributed by atoms with Crippen LogP contribution in [0, 0.1) is 5.82 Å². The minimum Gasteiger partial charge on any atom is -0.478 e. The van der Waals surface area contributed by atoms with E-state index in [1.165, 1.54) is 6.07 Å². The number of hydrogen-bond donors (Lipinski definition) is 1. The van der Waals surface area contributed by atoms with E-state index < -0.39 is 11.8 Å². The molecule has 2 aromatic carbocycles. The van der Waals surface area contributed by atoms with Crippen molar-refractivity contribution in [1.82, 2.24) is 19.4 Å². The first-order valence-electron chi connectivity index (χ1n) is 13.3. The Bertz CT molecular complexity index is 1530. The fourth-order valence-corrected chi connectivity index (χ4v) is 5.21. The topological polar surface area (TPSA) is 93.0 Å². The first-order valence-corrected chi connectivity index (χ1v) is 13.7. The molecule has 2 saturated heterocycles. The Hall–Kier alpha value is -3.73. The summed E-state index contributed by atoms with van der Waals surface area (Å²) in [6, 6.07) is 15.2. The number of halogens is 2. The number of aromatic nitrogens is 3. The van der Waals surface area contributed by atoms with Crippen molar-refractivity contribution in [2.75, 3.05) is 37.7 Å². The fourth-order valence-electron chi connectivity index (χ4n) is 5.05. The van der Waals surface area contributed by atoms with Crippen molar-refractivity contribution in [2.24, 2.45) is 0 Å². The molecular formula is C29H29ClFN5O4. The van der Waals surface area contributed by atoms with E-state index in [4.69, 9.17) is 26.1 Å². The first-order chi connectivity index (χ1) is 19.4. The van der Waals surface area contributed by atoms with Gasteiger partial charge in [0.25, 0.3) is 0 Å². The van der Waals surface area contributed by atoms with Crippen LogP contribution in [0.3, 0.4) is 0 Å². The molecule has 4 heterocycles. The number of hydrogen-bond acceptors (Lipinski definition) is 7. The summed E-state index contributed by atoms with van der Waals surface area (Å²) in [6.45, 7) is 5.31. The number of carboxylic acid groups (broad SMARTS) is 1. The molecule has 6 rings (SSSR count). The molecule has 1 N–H and O–H groups in total. The standard InChI is InChI=1S/C29H29ClFN5O4/c30-21-6-4-20(23(31)15-21)18-40-28-3-1-2-26(33-28)35-11-9-34(10-12-35)17-27-32-24-7-5-19(29(37)38)14-25(24)36(27)16-22-8-13-39-22/h1-7,14-15,22H,8-13,16-18H2,(H,37,38)/t22-/m1/s1. The van der Waals surface area contributed by atoms with Gasteiger partial charge in [-0.3, -0.25) is 4.90 Å². The van der Waals surface area contributed by atoms with Crippen LogP contribution in [-0.4, -0.2) is 69.4 Å². The predicted molar refractivity (Wildman–Crippen MR) is 149 cm³/mol. The second-order valence-electron chi connectivity index (χ2n) is 10.1. The second kappa shape index (κ2) is 11.4. The average Bonchev–Trinajstić information content (AvgIpc) is 3.26. The van der Waals surface area contributed by atoms with E-state index >= 15 is 0 Å². The third kappa shape index (κ3) is 5.74. The number of fused-ring (bicyclic) bond motifs is 1. The summed E-state index contributed by atoms with van der Waals surface area (Å²) in [5.41, 5.74) is 2.28. The Morgan fingerprint density at radius 2 is 1.93 bits per heavy atom. The second-order valence-corrected chi connectivity index (χ2v) is 10.5. The highest BCUT2D eigenvalue weighted by molar-refractivity contribution is 6.30. The Balaban J connectivity index is 1.11. The van der Waals surface area contributed by atoms with E-state index in [2.05, 4.69) is 19.4 Å². The molecule has 0 radical (unpaired) electrons. The molecule has 11 heteroatoms. The van der Waals surface area contributed by atoms with Crippen LogP contribution in [0.1, 0.15) is 28.2 Å². The lowest BCUT2D eigenvalue weighted by Gasteiger charge is -2.35. The van der Waals surface area contributed by atoms with E-state index in [0.717, 1.165) is 61.9 Å². The lowest BCUT2D eigenvalue weighted by Crippen LogP contribution is -2.46. The molecule has 40 heavy (non-hydrogen) atoms. The molecule has 2 aromatic heterocycles. The molecule has 0 unspecified atom stereocenters. The number of benzene rings is 2. The predicted octanol–water partition coefficient (Wildman–Crippen LogP) is 4.61. The molecule has 2 fully saturated rings. The van der Waals surface area contributed by atoms with Gasteiger partial charge in [-0.1, -0.05) is 23.7 Å². The zero-order valence-corrected chi connectivity index (χ0v) is 22.6. The van der Waals surface area contributed by atoms with Crippen molar-refractivity contribution in [1.29, 1.82) is 0 Å². The molecular weight excluding hydrogens is 537 g/mol. The van der Waals surface area contributed by atoms with Gasteiger partial charge in [-0.25, -0.2) is 14.2 Å². The van der Waals surface area contributed by atoms with Crippen LogP contribution in [0.15, 0.2) is 54.6 Å². The van der Waals surface area contributed by atoms with Gasteiger partial charge in [0, 0.05) is 49.4 Å². The van der Waals surface area contributed by atoms with Crippen LogP contribution >= 0.6 is 11.6 Å². The molecule has 0 aliphatic carbocycles. The van der Waals surface area contributed by atoms with E-state index in [1.54, 1.807) is 36.4 Å². The molecule has 208 valence electrons. The van der Waals surface area contributed by atoms with Crippen molar-refractivity contribution < 1.29 is 23.8 Å². The van der Waals surface area contributed by atoms with Crippen LogP contribution < -0.4 is 9.64 Å². The number of carboxylic acids is 1. The fraction of sp³-hybridized carbons (Fsp3) is 0.345. The van der Waals surface area contributed by atoms with Crippen LogP contribution in [0.5, 0.6) is 5.88 Å². The van der Waals surface area contributed by atoms with E-state index in [1.807, 2.05) is 12.1 Å². The number of carbonyl (C=O) groups is 1. The summed E-state index contributed by atoms with van der Waals surface area (Å²) < 4.78 is 27.7. The normalized spacial score (nSPS) is 17.6. The lowest BCUT2D eigenvalue weighted by molar-refractivity contribution is -0.0592. The lowest BCUT2D eigenvalue weighted by atomic mass is 10.1. The van der Waals surface area contributed by atoms with Gasteiger partial charge in [-0.2, -0.15) is 4.98 Å². The maximum atomic E-state index is 14.1. The zero-order chi connectivity index (χ0) is 27.6. The van der Waals surface area contributed by atoms with Gasteiger partial charge >= 0.3 is 5.97 Å². The summed E-state index contributed by atoms with van der Waals surface area (Å²) in [5, 5.41) is 9.83. The van der Waals surface area contributed by atoms with Crippen LogP contribution in [0.4, 0.5) is 10.2 Å². The van der Waals surface area contributed by atoms with Gasteiger partial charge in [0.1, 0.15) is 24.1 Å². The summed E-state index contributed by atoms with van der Waals surface area (Å²) in [5.74, 6) is 0.791. The molecule has 1 atom stereocenters. The van der Waals surface area contributed by atoms with Crippen molar-refractivity contribution in [3.8, 4) is 5.88 Å². The van der Waals surface area contributed by atoms with E-state index in [9.17, 15) is 14.3 Å². The van der Waals surface area contributed by atoms with Crippen LogP contribution in [-0.2, 0) is 24.4 Å². The Morgan fingerprint density at radius 1 is 1.10 bits per heavy atom. The highest BCUT2D eigenvalue weighted by Crippen LogP contribution is 2.25. The van der Waals surface area contributed by atoms with Crippen LogP contribution in [0.25, 0.3) is 11.0 Å². The largest absolute Gasteiger partial charge is 0.478 e. The number of anilines is 1. The minimum atomic E-state index is -0.951. The Morgan fingerprint density at radius 3 is 2.65 bits per heavy atom. The summed E-state index contributed by atoms with van der Waals surface area (Å²) in [7, 11) is 0. The van der Waals surface area contributed by atoms with Crippen molar-refractivity contribution >= 4 is 34.4 Å². The number of rotatable bonds is 9. The molecule has 4 aromatic rings. The third-order valence-corrected chi connectivity index (χ3v) is 7.65. The van der Waals surface area contributed by atoms with Gasteiger partial charge in [-0.05, 0) is 42.8 Å². The van der Waals surface area contributed by atoms with Gasteiger partial charge in [0.15, 0.2) is 0 Å². The number of aromatic carboxylic acids is 1. The SMILES string of the molecule is O=C(O)c1ccc2nc(CN3CCN(c4cccc(OCc5ccc(Cl)cc5F)n4)CC3)n(C[C@H]3CCO3)c2c1. The highest BCUT2D eigenvalue weighted by atomic mass is 35.5. The Labute approximate surface area is 235 Å². The monoisotopic (exact) mass is 565 g/mol. The minimum absolute atomic E-state index is 0.0636. The van der Waals surface area contributed by atoms with Crippen molar-refractivity contribution in [2.45, 2.75) is 32.2 Å². The molecule has 9 nitrogen and oxygen atoms in total. The summed E-state index contributed by atoms with van der Waals surface area (Å²) in [4.78, 5) is 25.6. The number of pyridine rings is 1. The van der Waals surface area contributed by atoms with E-state index in [-0.39, 0.29) is 18.3 Å². The molecule has 0 amide bonds. The number of imidazole rings is 1. The number of nitrogens with zero attached hydrogens (tertiary/aromatic N) is 5. The first kappa shape index (κ1) is 26.5. The van der Waals surface area contributed by atoms with Gasteiger partial charge in [-0.15, -0.1) is 0 Å². The van der Waals surface area contributed by atoms with Gasteiger partial charge in [0.2, 0.25) is 5.88 Å². The quantitative estimate of drug-likeness (QED) is 0.314. The smallest absolute Gasteiger partial charge is 0.335 e. The van der Waals surface area contributed by atoms with Crippen LogP contribution in [0.2, 0.25) is 5.02 Å². The summed E-state index contributed by atoms with van der Waals surface area (Å²) >= 11 is 5.84.